The van der Waals surface area contributed by atoms with Gasteiger partial charge in [-0.1, -0.05) is 23.2 Å². The summed E-state index contributed by atoms with van der Waals surface area (Å²) in [4.78, 5) is 12.7. The van der Waals surface area contributed by atoms with Gasteiger partial charge in [-0.3, -0.25) is 10.1 Å². The summed E-state index contributed by atoms with van der Waals surface area (Å²) >= 11 is 10.7. The van der Waals surface area contributed by atoms with Crippen LogP contribution in [0.4, 0.5) is 39.0 Å². The molecular weight excluding hydrogens is 384 g/mol. The van der Waals surface area contributed by atoms with Gasteiger partial charge < -0.3 is 5.32 Å². The Labute approximate surface area is 140 Å². The first-order valence-corrected chi connectivity index (χ1v) is 6.60. The van der Waals surface area contributed by atoms with Crippen molar-refractivity contribution in [2.75, 3.05) is 5.32 Å². The van der Waals surface area contributed by atoms with Crippen LogP contribution >= 0.6 is 23.2 Å². The van der Waals surface area contributed by atoms with Crippen molar-refractivity contribution in [3.63, 3.8) is 0 Å². The van der Waals surface area contributed by atoms with Crippen molar-refractivity contribution < 1.29 is 26.9 Å². The number of anilines is 2. The van der Waals surface area contributed by atoms with E-state index in [1.54, 1.807) is 0 Å². The van der Waals surface area contributed by atoms with Crippen molar-refractivity contribution >= 4 is 40.3 Å². The molecule has 0 aliphatic carbocycles. The van der Waals surface area contributed by atoms with Gasteiger partial charge in [0.1, 0.15) is 5.69 Å². The van der Waals surface area contributed by atoms with Gasteiger partial charge in [-0.25, -0.2) is 13.8 Å². The van der Waals surface area contributed by atoms with Gasteiger partial charge in [0, 0.05) is 12.1 Å². The standard InChI is InChI=1S/C12H4Cl2F5N3O2/c13-10-7(15)9(8(16)11(14)21-10)20-6-2-1-4(22(23)24)3-5(6)12(17,18)19/h1-3H,(H,20,21). The maximum atomic E-state index is 13.8. The van der Waals surface area contributed by atoms with Crippen LogP contribution < -0.4 is 5.32 Å². The Balaban J connectivity index is 2.61. The Bertz CT molecular complexity index is 803. The van der Waals surface area contributed by atoms with E-state index in [1.807, 2.05) is 5.32 Å². The lowest BCUT2D eigenvalue weighted by atomic mass is 10.1. The molecule has 0 bridgehead atoms. The van der Waals surface area contributed by atoms with Crippen LogP contribution in [0, 0.1) is 21.7 Å². The molecule has 2 aromatic rings. The second-order valence-electron chi connectivity index (χ2n) is 4.31. The fraction of sp³-hybridized carbons (Fsp3) is 0.0833. The third kappa shape index (κ3) is 3.49. The quantitative estimate of drug-likeness (QED) is 0.334. The lowest BCUT2D eigenvalue weighted by molar-refractivity contribution is -0.385. The van der Waals surface area contributed by atoms with Crippen molar-refractivity contribution in [3.8, 4) is 0 Å². The van der Waals surface area contributed by atoms with E-state index < -0.39 is 55.7 Å². The van der Waals surface area contributed by atoms with E-state index in [9.17, 15) is 32.1 Å². The van der Waals surface area contributed by atoms with Gasteiger partial charge in [-0.2, -0.15) is 13.2 Å². The number of alkyl halides is 3. The highest BCUT2D eigenvalue weighted by Gasteiger charge is 2.36. The minimum absolute atomic E-state index is 0.225. The molecule has 0 aliphatic rings. The number of pyridine rings is 1. The molecule has 0 amide bonds. The number of nitro benzene ring substituents is 1. The molecule has 0 radical (unpaired) electrons. The van der Waals surface area contributed by atoms with E-state index >= 15 is 0 Å². The molecule has 0 atom stereocenters. The summed E-state index contributed by atoms with van der Waals surface area (Å²) in [6.45, 7) is 0. The van der Waals surface area contributed by atoms with Crippen LogP contribution in [0.15, 0.2) is 18.2 Å². The smallest absolute Gasteiger partial charge is 0.350 e. The fourth-order valence-corrected chi connectivity index (χ4v) is 2.12. The van der Waals surface area contributed by atoms with Crippen molar-refractivity contribution in [2.24, 2.45) is 0 Å². The third-order valence-electron chi connectivity index (χ3n) is 2.78. The van der Waals surface area contributed by atoms with E-state index in [4.69, 9.17) is 23.2 Å². The first-order chi connectivity index (χ1) is 11.0. The van der Waals surface area contributed by atoms with Gasteiger partial charge in [0.2, 0.25) is 0 Å². The van der Waals surface area contributed by atoms with Crippen molar-refractivity contribution in [1.29, 1.82) is 0 Å². The van der Waals surface area contributed by atoms with Crippen LogP contribution in [0.25, 0.3) is 0 Å². The highest BCUT2D eigenvalue weighted by molar-refractivity contribution is 6.33. The van der Waals surface area contributed by atoms with Crippen LogP contribution in [-0.4, -0.2) is 9.91 Å². The minimum atomic E-state index is -5.03. The van der Waals surface area contributed by atoms with Crippen LogP contribution in [0.1, 0.15) is 5.56 Å². The molecule has 2 rings (SSSR count). The fourth-order valence-electron chi connectivity index (χ4n) is 1.72. The Morgan fingerprint density at radius 3 is 2.12 bits per heavy atom. The summed E-state index contributed by atoms with van der Waals surface area (Å²) in [6, 6.07) is 1.61. The Hall–Kier alpha value is -2.20. The summed E-state index contributed by atoms with van der Waals surface area (Å²) < 4.78 is 66.8. The van der Waals surface area contributed by atoms with E-state index in [0.717, 1.165) is 6.07 Å². The molecule has 12 heteroatoms. The zero-order chi connectivity index (χ0) is 18.2. The topological polar surface area (TPSA) is 68.1 Å². The first-order valence-electron chi connectivity index (χ1n) is 5.85. The van der Waals surface area contributed by atoms with Gasteiger partial charge in [-0.15, -0.1) is 0 Å². The maximum Gasteiger partial charge on any atom is 0.418 e. The summed E-state index contributed by atoms with van der Waals surface area (Å²) in [5.74, 6) is -2.94. The number of hydrogen-bond acceptors (Lipinski definition) is 4. The van der Waals surface area contributed by atoms with Gasteiger partial charge >= 0.3 is 6.18 Å². The summed E-state index contributed by atoms with van der Waals surface area (Å²) in [6.07, 6.45) is -5.03. The maximum absolute atomic E-state index is 13.8. The van der Waals surface area contributed by atoms with Crippen molar-refractivity contribution in [3.05, 3.63) is 55.8 Å². The van der Waals surface area contributed by atoms with Crippen molar-refractivity contribution in [2.45, 2.75) is 6.18 Å². The number of non-ortho nitro benzene ring substituents is 1. The van der Waals surface area contributed by atoms with Crippen LogP contribution in [0.3, 0.4) is 0 Å². The number of aromatic nitrogens is 1. The molecular formula is C12H4Cl2F5N3O2. The van der Waals surface area contributed by atoms with Crippen LogP contribution in [0.2, 0.25) is 10.3 Å². The average molecular weight is 388 g/mol. The summed E-state index contributed by atoms with van der Waals surface area (Å²) in [7, 11) is 0. The third-order valence-corrected chi connectivity index (χ3v) is 3.28. The number of rotatable bonds is 3. The minimum Gasteiger partial charge on any atom is -0.350 e. The van der Waals surface area contributed by atoms with Gasteiger partial charge in [0.15, 0.2) is 21.9 Å². The first kappa shape index (κ1) is 18.1. The zero-order valence-electron chi connectivity index (χ0n) is 11.1. The number of nitrogens with one attached hydrogen (secondary N) is 1. The number of nitro groups is 1. The molecule has 0 aliphatic heterocycles. The lowest BCUT2D eigenvalue weighted by Crippen LogP contribution is -2.11. The highest BCUT2D eigenvalue weighted by Crippen LogP contribution is 2.40. The molecule has 1 N–H and O–H groups in total. The second-order valence-corrected chi connectivity index (χ2v) is 5.02. The largest absolute Gasteiger partial charge is 0.418 e. The predicted molar refractivity (Wildman–Crippen MR) is 75.6 cm³/mol. The van der Waals surface area contributed by atoms with Crippen LogP contribution in [-0.2, 0) is 6.18 Å². The second kappa shape index (κ2) is 6.36. The monoisotopic (exact) mass is 387 g/mol. The normalized spacial score (nSPS) is 11.5. The predicted octanol–water partition coefficient (Wildman–Crippen LogP) is 5.34. The molecule has 1 aromatic carbocycles. The van der Waals surface area contributed by atoms with Crippen LogP contribution in [0.5, 0.6) is 0 Å². The molecule has 0 saturated carbocycles. The SMILES string of the molecule is O=[N+]([O-])c1ccc(Nc2c(F)c(Cl)nc(Cl)c2F)c(C(F)(F)F)c1. The number of benzene rings is 1. The van der Waals surface area contributed by atoms with Crippen molar-refractivity contribution in [1.82, 2.24) is 4.98 Å². The van der Waals surface area contributed by atoms with E-state index in [1.165, 1.54) is 0 Å². The molecule has 5 nitrogen and oxygen atoms in total. The molecule has 24 heavy (non-hydrogen) atoms. The van der Waals surface area contributed by atoms with Gasteiger partial charge in [0.05, 0.1) is 16.2 Å². The molecule has 0 fully saturated rings. The molecule has 0 spiro atoms. The highest BCUT2D eigenvalue weighted by atomic mass is 35.5. The molecule has 0 unspecified atom stereocenters. The number of halogens is 7. The Morgan fingerprint density at radius 2 is 1.67 bits per heavy atom. The van der Waals surface area contributed by atoms with E-state index in [-0.39, 0.29) is 6.07 Å². The number of nitrogens with zero attached hydrogens (tertiary/aromatic N) is 2. The summed E-state index contributed by atoms with van der Waals surface area (Å²) in [5.41, 5.74) is -4.25. The van der Waals surface area contributed by atoms with Gasteiger partial charge in [0.25, 0.3) is 5.69 Å². The lowest BCUT2D eigenvalue weighted by Gasteiger charge is -2.15. The molecule has 1 aromatic heterocycles. The molecule has 0 saturated heterocycles. The zero-order valence-corrected chi connectivity index (χ0v) is 12.6. The molecule has 1 heterocycles. The van der Waals surface area contributed by atoms with Gasteiger partial charge in [-0.05, 0) is 6.07 Å². The average Bonchev–Trinajstić information content (AvgIpc) is 2.48. The number of hydrogen-bond donors (Lipinski definition) is 1. The Kier molecular flexibility index (Phi) is 4.81. The summed E-state index contributed by atoms with van der Waals surface area (Å²) in [5, 5.41) is 10.7. The van der Waals surface area contributed by atoms with E-state index in [0.29, 0.717) is 6.07 Å². The van der Waals surface area contributed by atoms with E-state index in [2.05, 4.69) is 4.98 Å². The Morgan fingerprint density at radius 1 is 1.12 bits per heavy atom. The molecule has 128 valence electrons.